The molecule has 5 nitrogen and oxygen atoms in total. The van der Waals surface area contributed by atoms with Gasteiger partial charge in [0.15, 0.2) is 0 Å². The highest BCUT2D eigenvalue weighted by Gasteiger charge is 2.39. The summed E-state index contributed by atoms with van der Waals surface area (Å²) in [5, 5.41) is 11.7. The maximum Gasteiger partial charge on any atom is 0.309 e. The van der Waals surface area contributed by atoms with Crippen LogP contribution in [0.3, 0.4) is 0 Å². The molecule has 2 heterocycles. The van der Waals surface area contributed by atoms with E-state index in [1.54, 1.807) is 5.51 Å². The Morgan fingerprint density at radius 1 is 1.73 bits per heavy atom. The Morgan fingerprint density at radius 3 is 3.00 bits per heavy atom. The number of aliphatic carboxylic acids is 1. The fourth-order valence-electron chi connectivity index (χ4n) is 1.74. The minimum absolute atomic E-state index is 0.0529. The van der Waals surface area contributed by atoms with Crippen LogP contribution in [0.4, 0.5) is 0 Å². The predicted molar refractivity (Wildman–Crippen MR) is 53.5 cm³/mol. The molecule has 2 N–H and O–H groups in total. The number of nitrogens with zero attached hydrogens (tertiary/aromatic N) is 1. The van der Waals surface area contributed by atoms with Crippen molar-refractivity contribution in [3.63, 3.8) is 0 Å². The van der Waals surface area contributed by atoms with E-state index in [0.717, 1.165) is 10.6 Å². The zero-order valence-electron chi connectivity index (χ0n) is 8.06. The number of nitrogens with one attached hydrogen (secondary N) is 1. The third-order valence-electron chi connectivity index (χ3n) is 2.51. The molecule has 0 radical (unpaired) electrons. The molecule has 0 saturated carbocycles. The lowest BCUT2D eigenvalue weighted by Gasteiger charge is -2.13. The number of carbonyl (C=O) groups excluding carboxylic acids is 1. The normalized spacial score (nSPS) is 25.3. The van der Waals surface area contributed by atoms with Crippen LogP contribution >= 0.6 is 11.3 Å². The van der Waals surface area contributed by atoms with E-state index in [9.17, 15) is 9.59 Å². The van der Waals surface area contributed by atoms with E-state index in [1.807, 2.05) is 6.92 Å². The largest absolute Gasteiger partial charge is 0.481 e. The molecule has 0 aliphatic carbocycles. The van der Waals surface area contributed by atoms with Crippen molar-refractivity contribution in [3.05, 3.63) is 16.1 Å². The van der Waals surface area contributed by atoms with E-state index >= 15 is 0 Å². The first kappa shape index (κ1) is 10.1. The van der Waals surface area contributed by atoms with Gasteiger partial charge in [0.05, 0.1) is 28.0 Å². The van der Waals surface area contributed by atoms with Crippen LogP contribution in [-0.4, -0.2) is 22.0 Å². The lowest BCUT2D eigenvalue weighted by atomic mass is 9.99. The fraction of sp³-hybridized carbons (Fsp3) is 0.444. The molecule has 1 aliphatic rings. The minimum Gasteiger partial charge on any atom is -0.481 e. The van der Waals surface area contributed by atoms with Crippen molar-refractivity contribution >= 4 is 23.2 Å². The predicted octanol–water partition coefficient (Wildman–Crippen LogP) is 0.713. The van der Waals surface area contributed by atoms with Crippen molar-refractivity contribution < 1.29 is 14.7 Å². The van der Waals surface area contributed by atoms with Gasteiger partial charge in [0.25, 0.3) is 0 Å². The molecule has 1 saturated heterocycles. The third kappa shape index (κ3) is 1.72. The second kappa shape index (κ2) is 3.62. The number of carboxylic acids is 1. The van der Waals surface area contributed by atoms with Gasteiger partial charge in [-0.05, 0) is 6.92 Å². The molecule has 2 rings (SSSR count). The van der Waals surface area contributed by atoms with Gasteiger partial charge in [-0.2, -0.15) is 0 Å². The Kier molecular flexibility index (Phi) is 2.44. The molecule has 1 amide bonds. The number of aryl methyl sites for hydroxylation is 1. The van der Waals surface area contributed by atoms with Crippen molar-refractivity contribution in [2.45, 2.75) is 19.4 Å². The van der Waals surface area contributed by atoms with Gasteiger partial charge < -0.3 is 10.4 Å². The first-order chi connectivity index (χ1) is 7.09. The Hall–Kier alpha value is -1.43. The van der Waals surface area contributed by atoms with Gasteiger partial charge in [0.2, 0.25) is 5.91 Å². The van der Waals surface area contributed by atoms with Crippen molar-refractivity contribution in [1.29, 1.82) is 0 Å². The molecule has 1 aromatic heterocycles. The van der Waals surface area contributed by atoms with Crippen LogP contribution < -0.4 is 5.32 Å². The summed E-state index contributed by atoms with van der Waals surface area (Å²) in [7, 11) is 0. The van der Waals surface area contributed by atoms with E-state index in [0.29, 0.717) is 0 Å². The molecular formula is C9H10N2O3S. The molecule has 15 heavy (non-hydrogen) atoms. The van der Waals surface area contributed by atoms with Crippen LogP contribution in [-0.2, 0) is 9.59 Å². The smallest absolute Gasteiger partial charge is 0.309 e. The number of hydrogen-bond acceptors (Lipinski definition) is 4. The van der Waals surface area contributed by atoms with Gasteiger partial charge in [-0.25, -0.2) is 4.98 Å². The first-order valence-corrected chi connectivity index (χ1v) is 5.39. The number of aromatic nitrogens is 1. The lowest BCUT2D eigenvalue weighted by molar-refractivity contribution is -0.142. The Balaban J connectivity index is 2.32. The third-order valence-corrected chi connectivity index (χ3v) is 3.52. The molecule has 80 valence electrons. The summed E-state index contributed by atoms with van der Waals surface area (Å²) in [6.45, 7) is 1.81. The highest BCUT2D eigenvalue weighted by molar-refractivity contribution is 7.09. The maximum atomic E-state index is 11.2. The molecule has 0 aromatic carbocycles. The second-order valence-corrected chi connectivity index (χ2v) is 4.38. The van der Waals surface area contributed by atoms with E-state index < -0.39 is 17.9 Å². The van der Waals surface area contributed by atoms with Gasteiger partial charge in [-0.1, -0.05) is 0 Å². The van der Waals surface area contributed by atoms with Crippen molar-refractivity contribution in [2.75, 3.05) is 0 Å². The van der Waals surface area contributed by atoms with Gasteiger partial charge in [0.1, 0.15) is 0 Å². The monoisotopic (exact) mass is 226 g/mol. The van der Waals surface area contributed by atoms with Gasteiger partial charge in [0, 0.05) is 6.42 Å². The minimum atomic E-state index is -0.939. The van der Waals surface area contributed by atoms with Crippen LogP contribution in [0.5, 0.6) is 0 Å². The highest BCUT2D eigenvalue weighted by Crippen LogP contribution is 2.34. The van der Waals surface area contributed by atoms with E-state index in [1.165, 1.54) is 11.3 Å². The number of rotatable bonds is 2. The Labute approximate surface area is 90.1 Å². The van der Waals surface area contributed by atoms with E-state index in [-0.39, 0.29) is 12.3 Å². The molecule has 1 fully saturated rings. The number of carbonyl (C=O) groups is 2. The number of amides is 1. The van der Waals surface area contributed by atoms with Crippen molar-refractivity contribution in [1.82, 2.24) is 10.3 Å². The maximum absolute atomic E-state index is 11.2. The summed E-state index contributed by atoms with van der Waals surface area (Å²) in [6.07, 6.45) is 0.0529. The summed E-state index contributed by atoms with van der Waals surface area (Å²) in [4.78, 5) is 27.0. The molecule has 0 bridgehead atoms. The first-order valence-electron chi connectivity index (χ1n) is 4.51. The lowest BCUT2D eigenvalue weighted by Crippen LogP contribution is -2.24. The molecule has 2 atom stereocenters. The molecule has 2 unspecified atom stereocenters. The summed E-state index contributed by atoms with van der Waals surface area (Å²) >= 11 is 1.38. The van der Waals surface area contributed by atoms with Crippen LogP contribution in [0.25, 0.3) is 0 Å². The van der Waals surface area contributed by atoms with Crippen LogP contribution in [0.15, 0.2) is 5.51 Å². The SMILES string of the molecule is Cc1ncsc1C1NC(=O)CC1C(=O)O. The summed E-state index contributed by atoms with van der Waals surface area (Å²) < 4.78 is 0. The summed E-state index contributed by atoms with van der Waals surface area (Å²) in [6, 6.07) is -0.414. The number of thiazole rings is 1. The Morgan fingerprint density at radius 2 is 2.47 bits per heavy atom. The second-order valence-electron chi connectivity index (χ2n) is 3.50. The summed E-state index contributed by atoms with van der Waals surface area (Å²) in [5.74, 6) is -1.82. The average Bonchev–Trinajstić information content (AvgIpc) is 2.71. The molecule has 1 aliphatic heterocycles. The summed E-state index contributed by atoms with van der Waals surface area (Å²) in [5.41, 5.74) is 2.45. The molecule has 0 spiro atoms. The van der Waals surface area contributed by atoms with Gasteiger partial charge in [-0.3, -0.25) is 9.59 Å². The topological polar surface area (TPSA) is 79.3 Å². The van der Waals surface area contributed by atoms with Crippen LogP contribution in [0.1, 0.15) is 23.0 Å². The van der Waals surface area contributed by atoms with Crippen LogP contribution in [0.2, 0.25) is 0 Å². The standard InChI is InChI=1S/C9H10N2O3S/c1-4-8(15-3-10-4)7-5(9(13)14)2-6(12)11-7/h3,5,7H,2H2,1H3,(H,11,12)(H,13,14). The van der Waals surface area contributed by atoms with Gasteiger partial charge in [-0.15, -0.1) is 11.3 Å². The number of hydrogen-bond donors (Lipinski definition) is 2. The number of carboxylic acid groups (broad SMARTS) is 1. The molecular weight excluding hydrogens is 216 g/mol. The zero-order valence-corrected chi connectivity index (χ0v) is 8.87. The van der Waals surface area contributed by atoms with Crippen molar-refractivity contribution in [2.24, 2.45) is 5.92 Å². The molecule has 6 heteroatoms. The highest BCUT2D eigenvalue weighted by atomic mass is 32.1. The van der Waals surface area contributed by atoms with Crippen LogP contribution in [0, 0.1) is 12.8 Å². The quantitative estimate of drug-likeness (QED) is 0.778. The Bertz CT molecular complexity index is 415. The zero-order chi connectivity index (χ0) is 11.0. The van der Waals surface area contributed by atoms with E-state index in [4.69, 9.17) is 5.11 Å². The molecule has 1 aromatic rings. The average molecular weight is 226 g/mol. The van der Waals surface area contributed by atoms with Crippen molar-refractivity contribution in [3.8, 4) is 0 Å². The van der Waals surface area contributed by atoms with E-state index in [2.05, 4.69) is 10.3 Å². The van der Waals surface area contributed by atoms with Gasteiger partial charge >= 0.3 is 5.97 Å². The fourth-order valence-corrected chi connectivity index (χ4v) is 2.66.